The Morgan fingerprint density at radius 2 is 1.78 bits per heavy atom. The molecule has 0 unspecified atom stereocenters. The van der Waals surface area contributed by atoms with Crippen LogP contribution in [0, 0.1) is 13.8 Å². The molecule has 0 fully saturated rings. The molecule has 2 rings (SSSR count). The maximum atomic E-state index is 12.5. The Labute approximate surface area is 160 Å². The molecule has 0 aliphatic carbocycles. The van der Waals surface area contributed by atoms with Gasteiger partial charge >= 0.3 is 5.97 Å². The number of methoxy groups -OCH3 is 1. The Morgan fingerprint density at radius 1 is 1.15 bits per heavy atom. The quantitative estimate of drug-likeness (QED) is 0.546. The average molecular weight is 395 g/mol. The van der Waals surface area contributed by atoms with Gasteiger partial charge in [-0.3, -0.25) is 9.59 Å². The zero-order chi connectivity index (χ0) is 20.2. The smallest absolute Gasteiger partial charge is 0.350 e. The van der Waals surface area contributed by atoms with Crippen molar-refractivity contribution in [3.05, 3.63) is 27.6 Å². The van der Waals surface area contributed by atoms with Gasteiger partial charge in [0, 0.05) is 5.56 Å². The number of quaternary nitrogens is 1. The van der Waals surface area contributed by atoms with Crippen molar-refractivity contribution in [2.45, 2.75) is 13.8 Å². The lowest BCUT2D eigenvalue weighted by Gasteiger charge is -2.28. The molecule has 2 N–H and O–H groups in total. The molecule has 0 aliphatic heterocycles. The van der Waals surface area contributed by atoms with Gasteiger partial charge in [-0.2, -0.15) is 0 Å². The average Bonchev–Trinajstić information content (AvgIpc) is 3.12. The summed E-state index contributed by atoms with van der Waals surface area (Å²) in [6.07, 6.45) is 1.44. The first kappa shape index (κ1) is 20.6. The van der Waals surface area contributed by atoms with Crippen LogP contribution in [0.4, 0.5) is 11.5 Å². The van der Waals surface area contributed by atoms with E-state index in [2.05, 4.69) is 15.8 Å². The maximum Gasteiger partial charge on any atom is 0.350 e. The monoisotopic (exact) mass is 395 g/mol. The van der Waals surface area contributed by atoms with E-state index in [1.807, 2.05) is 0 Å². The third-order valence-electron chi connectivity index (χ3n) is 3.76. The topological polar surface area (TPSA) is 111 Å². The Hall–Kier alpha value is -2.72. The zero-order valence-corrected chi connectivity index (χ0v) is 16.7. The van der Waals surface area contributed by atoms with Crippen molar-refractivity contribution >= 4 is 40.6 Å². The number of carbonyl (C=O) groups is 3. The lowest BCUT2D eigenvalue weighted by Crippen LogP contribution is -2.50. The highest BCUT2D eigenvalue weighted by molar-refractivity contribution is 7.12. The predicted octanol–water partition coefficient (Wildman–Crippen LogP) is 1.79. The molecule has 0 saturated heterocycles. The van der Waals surface area contributed by atoms with Crippen LogP contribution < -0.4 is 10.6 Å². The van der Waals surface area contributed by atoms with Crippen LogP contribution >= 0.6 is 11.3 Å². The van der Waals surface area contributed by atoms with Gasteiger partial charge < -0.3 is 24.4 Å². The van der Waals surface area contributed by atoms with Crippen molar-refractivity contribution < 1.29 is 28.1 Å². The molecule has 146 valence electrons. The van der Waals surface area contributed by atoms with Gasteiger partial charge in [0.05, 0.1) is 26.9 Å². The highest BCUT2D eigenvalue weighted by Gasteiger charge is 2.26. The van der Waals surface area contributed by atoms with E-state index < -0.39 is 5.97 Å². The van der Waals surface area contributed by atoms with E-state index in [0.29, 0.717) is 16.4 Å². The number of hydrogen-bond acceptors (Lipinski definition) is 7. The fourth-order valence-electron chi connectivity index (χ4n) is 2.43. The molecule has 2 amide bonds. The van der Waals surface area contributed by atoms with E-state index in [0.717, 1.165) is 11.1 Å². The van der Waals surface area contributed by atoms with E-state index >= 15 is 0 Å². The largest absolute Gasteiger partial charge is 0.465 e. The van der Waals surface area contributed by atoms with E-state index in [-0.39, 0.29) is 29.4 Å². The van der Waals surface area contributed by atoms with Gasteiger partial charge in [-0.15, -0.1) is 11.3 Å². The number of nitrogens with zero attached hydrogens (tertiary/aromatic N) is 2. The van der Waals surface area contributed by atoms with Crippen molar-refractivity contribution in [1.82, 2.24) is 5.16 Å². The number of thiophene rings is 1. The second-order valence-corrected chi connectivity index (χ2v) is 7.69. The molecule has 10 heteroatoms. The van der Waals surface area contributed by atoms with Gasteiger partial charge in [-0.25, -0.2) is 4.79 Å². The number of nitrogens with one attached hydrogen (secondary N) is 2. The third-order valence-corrected chi connectivity index (χ3v) is 4.84. The molecule has 0 saturated carbocycles. The van der Waals surface area contributed by atoms with E-state index in [4.69, 9.17) is 9.26 Å². The second-order valence-electron chi connectivity index (χ2n) is 6.81. The van der Waals surface area contributed by atoms with Crippen LogP contribution in [0.5, 0.6) is 0 Å². The van der Waals surface area contributed by atoms with Crippen LogP contribution in [0.25, 0.3) is 0 Å². The Bertz CT molecular complexity index is 855. The summed E-state index contributed by atoms with van der Waals surface area (Å²) in [5.41, 5.74) is 1.94. The minimum Gasteiger partial charge on any atom is -0.465 e. The summed E-state index contributed by atoms with van der Waals surface area (Å²) < 4.78 is 9.63. The Kier molecular flexibility index (Phi) is 6.34. The molecule has 0 aliphatic rings. The van der Waals surface area contributed by atoms with E-state index in [1.165, 1.54) is 24.7 Å². The van der Waals surface area contributed by atoms with Gasteiger partial charge in [0.15, 0.2) is 18.9 Å². The predicted molar refractivity (Wildman–Crippen MR) is 101 cm³/mol. The van der Waals surface area contributed by atoms with Crippen LogP contribution in [0.3, 0.4) is 0 Å². The minimum atomic E-state index is -0.500. The molecular formula is C17H23N4O5S+. The molecule has 0 bridgehead atoms. The summed E-state index contributed by atoms with van der Waals surface area (Å²) in [6.45, 7) is 3.67. The van der Waals surface area contributed by atoms with Crippen LogP contribution in [0.15, 0.2) is 16.2 Å². The van der Waals surface area contributed by atoms with Crippen LogP contribution in [0.2, 0.25) is 0 Å². The number of amides is 2. The van der Waals surface area contributed by atoms with Crippen LogP contribution in [-0.4, -0.2) is 61.7 Å². The van der Waals surface area contributed by atoms with Gasteiger partial charge in [0.25, 0.3) is 11.8 Å². The van der Waals surface area contributed by atoms with Crippen molar-refractivity contribution in [2.75, 3.05) is 44.9 Å². The summed E-state index contributed by atoms with van der Waals surface area (Å²) >= 11 is 1.21. The van der Waals surface area contributed by atoms with Gasteiger partial charge in [0.1, 0.15) is 11.1 Å². The molecule has 0 aromatic carbocycles. The number of rotatable bonds is 7. The highest BCUT2D eigenvalue weighted by Crippen LogP contribution is 2.28. The first-order valence-electron chi connectivity index (χ1n) is 8.12. The van der Waals surface area contributed by atoms with Gasteiger partial charge in [0.2, 0.25) is 0 Å². The molecule has 27 heavy (non-hydrogen) atoms. The number of ether oxygens (including phenoxy) is 1. The molecule has 2 heterocycles. The highest BCUT2D eigenvalue weighted by atomic mass is 32.1. The zero-order valence-electron chi connectivity index (χ0n) is 15.9. The summed E-state index contributed by atoms with van der Waals surface area (Å²) in [7, 11) is 4.81. The van der Waals surface area contributed by atoms with Crippen molar-refractivity contribution in [1.29, 1.82) is 0 Å². The summed E-state index contributed by atoms with van der Waals surface area (Å²) in [6, 6.07) is 0. The molecular weight excluding hydrogens is 372 g/mol. The number of aromatic nitrogens is 1. The SMILES string of the molecule is COC(=O)c1scc(C)c1NC(=O)C[N+](C)(C)CC(=O)Nc1nocc1C. The minimum absolute atomic E-state index is 0.0428. The lowest BCUT2D eigenvalue weighted by atomic mass is 10.2. The summed E-state index contributed by atoms with van der Waals surface area (Å²) in [5.74, 6) is -0.732. The Balaban J connectivity index is 1.98. The van der Waals surface area contributed by atoms with Crippen LogP contribution in [0.1, 0.15) is 20.8 Å². The third kappa shape index (κ3) is 5.38. The molecule has 2 aromatic rings. The molecule has 0 atom stereocenters. The maximum absolute atomic E-state index is 12.5. The van der Waals surface area contributed by atoms with Crippen molar-refractivity contribution in [3.63, 3.8) is 0 Å². The standard InChI is InChI=1S/C17H22N4O5S/c1-10-8-26-20-16(10)19-13(23)7-21(3,4)6-12(22)18-14-11(2)9-27-15(14)17(24)25-5/h8-9H,6-7H2,1-5H3,(H-,18,19,20,22,23,24)/p+1. The number of esters is 1. The van der Waals surface area contributed by atoms with E-state index in [9.17, 15) is 14.4 Å². The molecule has 0 radical (unpaired) electrons. The van der Waals surface area contributed by atoms with E-state index in [1.54, 1.807) is 33.3 Å². The first-order valence-corrected chi connectivity index (χ1v) is 9.00. The van der Waals surface area contributed by atoms with Gasteiger partial charge in [-0.05, 0) is 24.8 Å². The fourth-order valence-corrected chi connectivity index (χ4v) is 3.36. The number of aryl methyl sites for hydroxylation is 2. The van der Waals surface area contributed by atoms with Gasteiger partial charge in [-0.1, -0.05) is 5.16 Å². The molecule has 2 aromatic heterocycles. The van der Waals surface area contributed by atoms with Crippen LogP contribution in [-0.2, 0) is 14.3 Å². The second kappa shape index (κ2) is 8.31. The number of hydrogen-bond donors (Lipinski definition) is 2. The molecule has 0 spiro atoms. The number of carbonyl (C=O) groups excluding carboxylic acids is 3. The lowest BCUT2D eigenvalue weighted by molar-refractivity contribution is -0.874. The fraction of sp³-hybridized carbons (Fsp3) is 0.412. The summed E-state index contributed by atoms with van der Waals surface area (Å²) in [4.78, 5) is 36.8. The normalized spacial score (nSPS) is 11.1. The number of anilines is 2. The first-order chi connectivity index (χ1) is 12.6. The Morgan fingerprint density at radius 3 is 2.33 bits per heavy atom. The summed E-state index contributed by atoms with van der Waals surface area (Å²) in [5, 5.41) is 10.9. The van der Waals surface area contributed by atoms with Crippen molar-refractivity contribution in [2.24, 2.45) is 0 Å². The number of likely N-dealkylation sites (N-methyl/N-ethyl adjacent to an activating group) is 1. The molecule has 9 nitrogen and oxygen atoms in total. The van der Waals surface area contributed by atoms with Crippen molar-refractivity contribution in [3.8, 4) is 0 Å².